The summed E-state index contributed by atoms with van der Waals surface area (Å²) in [6.45, 7) is 0. The van der Waals surface area contributed by atoms with Gasteiger partial charge in [0.05, 0.1) is 15.8 Å². The maximum Gasteiger partial charge on any atom is 0.280 e. The molecule has 1 heterocycles. The molecule has 0 spiro atoms. The fourth-order valence-corrected chi connectivity index (χ4v) is 2.01. The third kappa shape index (κ3) is 3.65. The molecule has 2 rings (SSSR count). The summed E-state index contributed by atoms with van der Waals surface area (Å²) in [5.41, 5.74) is 1.23. The highest BCUT2D eigenvalue weighted by Gasteiger charge is 2.10. The van der Waals surface area contributed by atoms with E-state index in [1.54, 1.807) is 18.2 Å². The molecule has 0 saturated carbocycles. The van der Waals surface area contributed by atoms with E-state index in [-0.39, 0.29) is 5.56 Å². The van der Waals surface area contributed by atoms with Crippen molar-refractivity contribution in [1.82, 2.24) is 5.16 Å². The van der Waals surface area contributed by atoms with Crippen LogP contribution in [0, 0.1) is 0 Å². The Kier molecular flexibility index (Phi) is 4.87. The number of rotatable bonds is 5. The molecule has 0 aliphatic rings. The Morgan fingerprint density at radius 2 is 2.15 bits per heavy atom. The van der Waals surface area contributed by atoms with Crippen LogP contribution in [0.1, 0.15) is 17.7 Å². The van der Waals surface area contributed by atoms with Crippen LogP contribution >= 0.6 is 23.2 Å². The Bertz CT molecular complexity index is 676. The zero-order valence-corrected chi connectivity index (χ0v) is 12.2. The fourth-order valence-electron chi connectivity index (χ4n) is 1.71. The Hall–Kier alpha value is -1.72. The van der Waals surface area contributed by atoms with Crippen LogP contribution in [0.4, 0.5) is 0 Å². The van der Waals surface area contributed by atoms with Gasteiger partial charge in [-0.1, -0.05) is 34.4 Å². The van der Waals surface area contributed by atoms with Crippen LogP contribution in [0.2, 0.25) is 10.0 Å². The lowest BCUT2D eigenvalue weighted by molar-refractivity contribution is 0.212. The van der Waals surface area contributed by atoms with E-state index in [0.29, 0.717) is 34.4 Å². The number of H-pyrrole nitrogens is 1. The molecule has 0 aliphatic heterocycles. The molecule has 1 aromatic carbocycles. The van der Waals surface area contributed by atoms with E-state index in [9.17, 15) is 4.79 Å². The molecular formula is C13H12Cl2N2O3. The second kappa shape index (κ2) is 6.63. The van der Waals surface area contributed by atoms with Gasteiger partial charge in [-0.25, -0.2) is 0 Å². The number of nitrogens with one attached hydrogen (secondary N) is 1. The van der Waals surface area contributed by atoms with Gasteiger partial charge in [0.2, 0.25) is 0 Å². The fraction of sp³-hybridized carbons (Fsp3) is 0.231. The molecule has 1 aromatic heterocycles. The first kappa shape index (κ1) is 14.7. The third-order valence-corrected chi connectivity index (χ3v) is 3.38. The molecule has 5 nitrogen and oxygen atoms in total. The molecule has 1 N–H and O–H groups in total. The third-order valence-electron chi connectivity index (χ3n) is 2.64. The van der Waals surface area contributed by atoms with Gasteiger partial charge in [-0.05, 0) is 12.1 Å². The number of aromatic nitrogens is 1. The summed E-state index contributed by atoms with van der Waals surface area (Å²) in [7, 11) is 1.47. The molecule has 0 saturated heterocycles. The van der Waals surface area contributed by atoms with Crippen LogP contribution in [0.5, 0.6) is 0 Å². The quantitative estimate of drug-likeness (QED) is 0.680. The number of nitrogens with zero attached hydrogens (tertiary/aromatic N) is 1. The number of benzene rings is 1. The van der Waals surface area contributed by atoms with Gasteiger partial charge in [0.1, 0.15) is 12.9 Å². The molecule has 0 radical (unpaired) electrons. The molecule has 106 valence electrons. The van der Waals surface area contributed by atoms with Crippen molar-refractivity contribution in [3.8, 4) is 0 Å². The maximum absolute atomic E-state index is 11.0. The molecule has 0 aliphatic carbocycles. The van der Waals surface area contributed by atoms with Gasteiger partial charge < -0.3 is 9.36 Å². The maximum atomic E-state index is 11.0. The summed E-state index contributed by atoms with van der Waals surface area (Å²) >= 11 is 11.9. The van der Waals surface area contributed by atoms with E-state index in [0.717, 1.165) is 5.56 Å². The van der Waals surface area contributed by atoms with Crippen molar-refractivity contribution in [2.45, 2.75) is 12.8 Å². The normalized spacial score (nSPS) is 11.7. The molecule has 2 aromatic rings. The molecule has 0 amide bonds. The number of hydrogen-bond acceptors (Lipinski definition) is 4. The molecule has 0 fully saturated rings. The van der Waals surface area contributed by atoms with Gasteiger partial charge in [0.25, 0.3) is 5.56 Å². The predicted molar refractivity (Wildman–Crippen MR) is 77.7 cm³/mol. The number of hydrogen-bond donors (Lipinski definition) is 1. The number of oxime groups is 1. The summed E-state index contributed by atoms with van der Waals surface area (Å²) in [4.78, 5) is 15.8. The molecule has 20 heavy (non-hydrogen) atoms. The lowest BCUT2D eigenvalue weighted by atomic mass is 10.1. The largest absolute Gasteiger partial charge is 0.399 e. The summed E-state index contributed by atoms with van der Waals surface area (Å²) in [5, 5.41) is 7.13. The van der Waals surface area contributed by atoms with Crippen LogP contribution in [-0.4, -0.2) is 18.0 Å². The Balaban J connectivity index is 2.16. The van der Waals surface area contributed by atoms with Crippen LogP contribution in [0.25, 0.3) is 0 Å². The first-order valence-corrected chi connectivity index (χ1v) is 6.58. The van der Waals surface area contributed by atoms with Crippen molar-refractivity contribution in [2.24, 2.45) is 5.16 Å². The summed E-state index contributed by atoms with van der Waals surface area (Å²) in [6, 6.07) is 6.62. The Morgan fingerprint density at radius 3 is 2.75 bits per heavy atom. The smallest absolute Gasteiger partial charge is 0.280 e. The highest BCUT2D eigenvalue weighted by atomic mass is 35.5. The predicted octanol–water partition coefficient (Wildman–Crippen LogP) is 3.26. The van der Waals surface area contributed by atoms with E-state index in [4.69, 9.17) is 32.6 Å². The molecular weight excluding hydrogens is 303 g/mol. The zero-order chi connectivity index (χ0) is 14.5. The van der Waals surface area contributed by atoms with E-state index in [2.05, 4.69) is 10.3 Å². The van der Waals surface area contributed by atoms with E-state index < -0.39 is 0 Å². The van der Waals surface area contributed by atoms with Crippen molar-refractivity contribution in [3.05, 3.63) is 56.0 Å². The van der Waals surface area contributed by atoms with E-state index in [1.165, 1.54) is 13.2 Å². The average molecular weight is 315 g/mol. The molecule has 0 unspecified atom stereocenters. The van der Waals surface area contributed by atoms with Gasteiger partial charge in [-0.2, -0.15) is 5.16 Å². The number of aryl methyl sites for hydroxylation is 1. The second-order valence-corrected chi connectivity index (χ2v) is 4.84. The van der Waals surface area contributed by atoms with Gasteiger partial charge in [0.15, 0.2) is 0 Å². The minimum Gasteiger partial charge on any atom is -0.399 e. The lowest BCUT2D eigenvalue weighted by Crippen LogP contribution is -2.04. The van der Waals surface area contributed by atoms with Crippen LogP contribution < -0.4 is 5.56 Å². The minimum absolute atomic E-state index is 0.264. The highest BCUT2D eigenvalue weighted by molar-refractivity contribution is 6.42. The van der Waals surface area contributed by atoms with Crippen LogP contribution in [0.3, 0.4) is 0 Å². The zero-order valence-electron chi connectivity index (χ0n) is 10.7. The van der Waals surface area contributed by atoms with E-state index in [1.807, 2.05) is 0 Å². The topological polar surface area (TPSA) is 67.6 Å². The Morgan fingerprint density at radius 1 is 1.35 bits per heavy atom. The van der Waals surface area contributed by atoms with Crippen LogP contribution in [-0.2, 0) is 11.3 Å². The average Bonchev–Trinajstić information content (AvgIpc) is 2.84. The van der Waals surface area contributed by atoms with Gasteiger partial charge in [0, 0.05) is 24.5 Å². The molecule has 0 bridgehead atoms. The molecule has 7 heteroatoms. The van der Waals surface area contributed by atoms with Gasteiger partial charge in [-0.15, -0.1) is 0 Å². The van der Waals surface area contributed by atoms with E-state index >= 15 is 0 Å². The van der Waals surface area contributed by atoms with Crippen molar-refractivity contribution < 1.29 is 9.36 Å². The highest BCUT2D eigenvalue weighted by Crippen LogP contribution is 2.23. The Labute approximate surface area is 125 Å². The SMILES string of the molecule is CO/N=C(\CCc1cc(=O)[nH]o1)c1ccc(Cl)c(Cl)c1. The minimum atomic E-state index is -0.264. The number of aromatic amines is 1. The van der Waals surface area contributed by atoms with Crippen molar-refractivity contribution in [1.29, 1.82) is 0 Å². The first-order chi connectivity index (χ1) is 9.60. The molecule has 0 atom stereocenters. The second-order valence-electron chi connectivity index (χ2n) is 4.03. The van der Waals surface area contributed by atoms with Crippen molar-refractivity contribution in [3.63, 3.8) is 0 Å². The monoisotopic (exact) mass is 314 g/mol. The summed E-state index contributed by atoms with van der Waals surface area (Å²) in [6.07, 6.45) is 1.05. The van der Waals surface area contributed by atoms with Crippen LogP contribution in [0.15, 0.2) is 38.7 Å². The number of halogens is 2. The summed E-state index contributed by atoms with van der Waals surface area (Å²) in [5.74, 6) is 0.555. The van der Waals surface area contributed by atoms with Gasteiger partial charge in [-0.3, -0.25) is 4.79 Å². The van der Waals surface area contributed by atoms with Gasteiger partial charge >= 0.3 is 0 Å². The standard InChI is InChI=1S/C13H12Cl2N2O3/c1-19-16-12(5-3-9-7-13(18)17-20-9)8-2-4-10(14)11(15)6-8/h2,4,6-7H,3,5H2,1H3,(H,17,18)/b16-12+. The van der Waals surface area contributed by atoms with Crippen molar-refractivity contribution >= 4 is 28.9 Å². The first-order valence-electron chi connectivity index (χ1n) is 5.83. The summed E-state index contributed by atoms with van der Waals surface area (Å²) < 4.78 is 4.99. The lowest BCUT2D eigenvalue weighted by Gasteiger charge is -2.06. The van der Waals surface area contributed by atoms with Crippen molar-refractivity contribution in [2.75, 3.05) is 7.11 Å².